The summed E-state index contributed by atoms with van der Waals surface area (Å²) in [6, 6.07) is 0. The van der Waals surface area contributed by atoms with Crippen LogP contribution in [0.2, 0.25) is 0 Å². The second-order valence-corrected chi connectivity index (χ2v) is 4.49. The van der Waals surface area contributed by atoms with Gasteiger partial charge in [0, 0.05) is 0 Å². The Hall–Kier alpha value is 0.290. The van der Waals surface area contributed by atoms with Gasteiger partial charge < -0.3 is 5.11 Å². The van der Waals surface area contributed by atoms with Gasteiger partial charge in [0.1, 0.15) is 3.58 Å². The molecule has 0 bridgehead atoms. The van der Waals surface area contributed by atoms with Crippen molar-refractivity contribution in [2.24, 2.45) is 0 Å². The van der Waals surface area contributed by atoms with E-state index in [1.807, 2.05) is 22.6 Å². The Morgan fingerprint density at radius 2 is 2.25 bits per heavy atom. The van der Waals surface area contributed by atoms with E-state index in [0.29, 0.717) is 3.58 Å². The fraction of sp³-hybridized carbons (Fsp3) is 0.625. The lowest BCUT2D eigenvalue weighted by atomic mass is 10.3. The Labute approximate surface area is 90.9 Å². The van der Waals surface area contributed by atoms with Crippen molar-refractivity contribution >= 4 is 40.3 Å². The molecule has 0 fully saturated rings. The lowest BCUT2D eigenvalue weighted by molar-refractivity contribution is -0.131. The Kier molecular flexibility index (Phi) is 8.11. The van der Waals surface area contributed by atoms with Gasteiger partial charge in [-0.3, -0.25) is 0 Å². The molecule has 0 saturated heterocycles. The predicted molar refractivity (Wildman–Crippen MR) is 61.7 cm³/mol. The van der Waals surface area contributed by atoms with E-state index in [9.17, 15) is 4.79 Å². The monoisotopic (exact) mass is 300 g/mol. The minimum Gasteiger partial charge on any atom is -0.477 e. The molecular weight excluding hydrogens is 287 g/mol. The number of carboxylic acids is 1. The summed E-state index contributed by atoms with van der Waals surface area (Å²) in [6.07, 6.45) is 3.60. The number of hydrogen-bond acceptors (Lipinski definition) is 2. The number of aliphatic carboxylic acids is 1. The molecule has 0 unspecified atom stereocenters. The average Bonchev–Trinajstić information content (AvgIpc) is 2.03. The first-order valence-electron chi connectivity index (χ1n) is 3.89. The van der Waals surface area contributed by atoms with Crippen LogP contribution in [0.4, 0.5) is 0 Å². The third-order valence-electron chi connectivity index (χ3n) is 1.26. The van der Waals surface area contributed by atoms with Gasteiger partial charge in [-0.25, -0.2) is 4.79 Å². The second-order valence-electron chi connectivity index (χ2n) is 2.35. The molecule has 0 heterocycles. The Morgan fingerprint density at radius 3 is 2.75 bits per heavy atom. The molecule has 0 rings (SSSR count). The van der Waals surface area contributed by atoms with Crippen LogP contribution in [0.15, 0.2) is 8.99 Å². The van der Waals surface area contributed by atoms with E-state index in [1.54, 1.807) is 17.2 Å². The summed E-state index contributed by atoms with van der Waals surface area (Å²) in [7, 11) is 0. The van der Waals surface area contributed by atoms with E-state index < -0.39 is 5.97 Å². The maximum absolute atomic E-state index is 10.3. The Balaban J connectivity index is 3.40. The molecular formula is C8H13IO2S. The zero-order valence-electron chi connectivity index (χ0n) is 7.05. The zero-order valence-corrected chi connectivity index (χ0v) is 10.0. The van der Waals surface area contributed by atoms with Crippen molar-refractivity contribution < 1.29 is 9.90 Å². The number of halogens is 1. The first-order chi connectivity index (χ1) is 5.68. The highest BCUT2D eigenvalue weighted by atomic mass is 127. The van der Waals surface area contributed by atoms with Crippen LogP contribution in [0.1, 0.15) is 26.2 Å². The average molecular weight is 300 g/mol. The van der Waals surface area contributed by atoms with Crippen molar-refractivity contribution in [1.29, 1.82) is 0 Å². The number of unbranched alkanes of at least 4 members (excludes halogenated alkanes) is 2. The smallest absolute Gasteiger partial charge is 0.342 e. The summed E-state index contributed by atoms with van der Waals surface area (Å²) >= 11 is 3.41. The first kappa shape index (κ1) is 12.3. The third-order valence-corrected chi connectivity index (χ3v) is 3.38. The lowest BCUT2D eigenvalue weighted by Crippen LogP contribution is -1.91. The number of carboxylic acid groups (broad SMARTS) is 1. The fourth-order valence-electron chi connectivity index (χ4n) is 0.618. The van der Waals surface area contributed by atoms with Crippen LogP contribution in [0.3, 0.4) is 0 Å². The van der Waals surface area contributed by atoms with Crippen LogP contribution in [-0.2, 0) is 4.79 Å². The van der Waals surface area contributed by atoms with Crippen LogP contribution >= 0.6 is 34.4 Å². The van der Waals surface area contributed by atoms with Gasteiger partial charge in [0.25, 0.3) is 0 Å². The van der Waals surface area contributed by atoms with E-state index in [1.165, 1.54) is 19.3 Å². The van der Waals surface area contributed by atoms with Crippen LogP contribution in [0.25, 0.3) is 0 Å². The Morgan fingerprint density at radius 1 is 1.58 bits per heavy atom. The second kappa shape index (κ2) is 7.91. The standard InChI is InChI=1S/C8H13IO2S/c1-2-3-4-5-12-6-7(9)8(10)11/h6H,2-5H2,1H3,(H,10,11)/b7-6+. The summed E-state index contributed by atoms with van der Waals surface area (Å²) in [6.45, 7) is 2.15. The van der Waals surface area contributed by atoms with Crippen molar-refractivity contribution in [3.63, 3.8) is 0 Å². The maximum Gasteiger partial charge on any atom is 0.342 e. The van der Waals surface area contributed by atoms with E-state index in [4.69, 9.17) is 5.11 Å². The van der Waals surface area contributed by atoms with Gasteiger partial charge in [-0.15, -0.1) is 11.8 Å². The molecule has 0 aromatic rings. The van der Waals surface area contributed by atoms with Crippen LogP contribution in [-0.4, -0.2) is 16.8 Å². The van der Waals surface area contributed by atoms with Crippen LogP contribution < -0.4 is 0 Å². The molecule has 0 aromatic carbocycles. The quantitative estimate of drug-likeness (QED) is 0.465. The van der Waals surface area contributed by atoms with E-state index >= 15 is 0 Å². The molecule has 70 valence electrons. The van der Waals surface area contributed by atoms with E-state index in [-0.39, 0.29) is 0 Å². The van der Waals surface area contributed by atoms with Gasteiger partial charge in [0.05, 0.1) is 0 Å². The fourth-order valence-corrected chi connectivity index (χ4v) is 1.89. The normalized spacial score (nSPS) is 11.7. The Bertz CT molecular complexity index is 168. The summed E-state index contributed by atoms with van der Waals surface area (Å²) in [5.74, 6) is 0.187. The molecule has 0 atom stereocenters. The predicted octanol–water partition coefficient (Wildman–Crippen LogP) is 3.27. The number of carbonyl (C=O) groups is 1. The molecule has 2 nitrogen and oxygen atoms in total. The number of thioether (sulfide) groups is 1. The van der Waals surface area contributed by atoms with Gasteiger partial charge in [-0.2, -0.15) is 0 Å². The number of hydrogen-bond donors (Lipinski definition) is 1. The topological polar surface area (TPSA) is 37.3 Å². The molecule has 0 radical (unpaired) electrons. The number of rotatable bonds is 6. The molecule has 0 aliphatic carbocycles. The van der Waals surface area contributed by atoms with Crippen molar-refractivity contribution in [3.8, 4) is 0 Å². The molecule has 0 aliphatic rings. The van der Waals surface area contributed by atoms with Crippen LogP contribution in [0.5, 0.6) is 0 Å². The van der Waals surface area contributed by atoms with E-state index in [0.717, 1.165) is 5.75 Å². The highest BCUT2D eigenvalue weighted by Gasteiger charge is 1.99. The van der Waals surface area contributed by atoms with Gasteiger partial charge >= 0.3 is 5.97 Å². The molecule has 4 heteroatoms. The van der Waals surface area contributed by atoms with Crippen molar-refractivity contribution in [1.82, 2.24) is 0 Å². The molecule has 0 amide bonds. The van der Waals surface area contributed by atoms with Gasteiger partial charge in [0.2, 0.25) is 0 Å². The lowest BCUT2D eigenvalue weighted by Gasteiger charge is -1.94. The largest absolute Gasteiger partial charge is 0.477 e. The highest BCUT2D eigenvalue weighted by Crippen LogP contribution is 2.15. The first-order valence-corrected chi connectivity index (χ1v) is 6.01. The highest BCUT2D eigenvalue weighted by molar-refractivity contribution is 14.1. The summed E-state index contributed by atoms with van der Waals surface area (Å²) in [5, 5.41) is 10.2. The van der Waals surface area contributed by atoms with Gasteiger partial charge in [0.15, 0.2) is 0 Å². The summed E-state index contributed by atoms with van der Waals surface area (Å²) in [4.78, 5) is 10.3. The van der Waals surface area contributed by atoms with Crippen molar-refractivity contribution in [3.05, 3.63) is 8.99 Å². The SMILES string of the molecule is CCCCCS/C=C(/I)C(=O)O. The molecule has 1 N–H and O–H groups in total. The molecule has 0 saturated carbocycles. The zero-order chi connectivity index (χ0) is 9.40. The minimum atomic E-state index is -0.835. The van der Waals surface area contributed by atoms with E-state index in [2.05, 4.69) is 6.92 Å². The van der Waals surface area contributed by atoms with Crippen molar-refractivity contribution in [2.45, 2.75) is 26.2 Å². The van der Waals surface area contributed by atoms with Crippen molar-refractivity contribution in [2.75, 3.05) is 5.75 Å². The minimum absolute atomic E-state index is 0.397. The third kappa shape index (κ3) is 6.97. The summed E-state index contributed by atoms with van der Waals surface area (Å²) < 4.78 is 0.397. The molecule has 12 heavy (non-hydrogen) atoms. The molecule has 0 spiro atoms. The maximum atomic E-state index is 10.3. The molecule has 0 aliphatic heterocycles. The summed E-state index contributed by atoms with van der Waals surface area (Å²) in [5.41, 5.74) is 0. The van der Waals surface area contributed by atoms with Crippen LogP contribution in [0, 0.1) is 0 Å². The molecule has 0 aromatic heterocycles. The van der Waals surface area contributed by atoms with Gasteiger partial charge in [-0.1, -0.05) is 19.8 Å². The van der Waals surface area contributed by atoms with Gasteiger partial charge in [-0.05, 0) is 40.2 Å².